The van der Waals surface area contributed by atoms with E-state index >= 15 is 0 Å². The van der Waals surface area contributed by atoms with E-state index in [-0.39, 0.29) is 12.5 Å². The van der Waals surface area contributed by atoms with Gasteiger partial charge in [0.15, 0.2) is 24.4 Å². The van der Waals surface area contributed by atoms with Crippen molar-refractivity contribution in [2.75, 3.05) is 26.4 Å². The van der Waals surface area contributed by atoms with Crippen molar-refractivity contribution in [3.8, 4) is 17.2 Å². The first kappa shape index (κ1) is 17.8. The fourth-order valence-corrected chi connectivity index (χ4v) is 2.72. The molecule has 0 spiro atoms. The van der Waals surface area contributed by atoms with Crippen LogP contribution in [0.4, 0.5) is 0 Å². The van der Waals surface area contributed by atoms with E-state index in [1.807, 2.05) is 25.1 Å². The van der Waals surface area contributed by atoms with Crippen LogP contribution < -0.4 is 14.2 Å². The lowest BCUT2D eigenvalue weighted by molar-refractivity contribution is -0.133. The van der Waals surface area contributed by atoms with Crippen molar-refractivity contribution in [2.24, 2.45) is 0 Å². The minimum Gasteiger partial charge on any atom is -0.486 e. The molecule has 1 aliphatic heterocycles. The number of aldehydes is 1. The zero-order valence-electron chi connectivity index (χ0n) is 14.6. The summed E-state index contributed by atoms with van der Waals surface area (Å²) in [5.74, 6) is 1.69. The minimum absolute atomic E-state index is 0.122. The molecule has 0 aromatic heterocycles. The van der Waals surface area contributed by atoms with E-state index < -0.39 is 0 Å². The minimum atomic E-state index is -0.150. The van der Waals surface area contributed by atoms with Crippen LogP contribution in [0.5, 0.6) is 17.2 Å². The molecule has 0 bridgehead atoms. The number of carbonyl (C=O) groups excluding carboxylic acids is 2. The summed E-state index contributed by atoms with van der Waals surface area (Å²) in [6.07, 6.45) is 0.715. The van der Waals surface area contributed by atoms with Gasteiger partial charge in [-0.05, 0) is 36.8 Å². The Morgan fingerprint density at radius 1 is 1.15 bits per heavy atom. The van der Waals surface area contributed by atoms with Gasteiger partial charge in [0, 0.05) is 13.1 Å². The van der Waals surface area contributed by atoms with Crippen LogP contribution in [-0.4, -0.2) is 43.5 Å². The van der Waals surface area contributed by atoms with Crippen LogP contribution in [0.25, 0.3) is 0 Å². The summed E-state index contributed by atoms with van der Waals surface area (Å²) >= 11 is 0. The maximum atomic E-state index is 12.5. The molecule has 26 heavy (non-hydrogen) atoms. The molecule has 3 rings (SSSR count). The van der Waals surface area contributed by atoms with E-state index in [4.69, 9.17) is 14.2 Å². The van der Waals surface area contributed by atoms with Crippen molar-refractivity contribution < 1.29 is 23.8 Å². The molecule has 0 saturated carbocycles. The van der Waals surface area contributed by atoms with Crippen LogP contribution in [0.2, 0.25) is 0 Å². The number of ether oxygens (including phenoxy) is 3. The molecule has 0 atom stereocenters. The normalized spacial score (nSPS) is 12.3. The van der Waals surface area contributed by atoms with Crippen LogP contribution in [0, 0.1) is 0 Å². The highest BCUT2D eigenvalue weighted by Crippen LogP contribution is 2.31. The van der Waals surface area contributed by atoms with Crippen LogP contribution in [0.3, 0.4) is 0 Å². The second kappa shape index (κ2) is 8.38. The van der Waals surface area contributed by atoms with Gasteiger partial charge in [-0.1, -0.05) is 18.2 Å². The van der Waals surface area contributed by atoms with Crippen LogP contribution >= 0.6 is 0 Å². The van der Waals surface area contributed by atoms with E-state index in [0.29, 0.717) is 49.7 Å². The molecule has 0 N–H and O–H groups in total. The molecule has 0 radical (unpaired) electrons. The molecule has 2 aromatic rings. The molecule has 136 valence electrons. The van der Waals surface area contributed by atoms with E-state index in [2.05, 4.69) is 0 Å². The van der Waals surface area contributed by atoms with Crippen molar-refractivity contribution in [1.29, 1.82) is 0 Å². The Balaban J connectivity index is 1.63. The Hall–Kier alpha value is -3.02. The Kier molecular flexibility index (Phi) is 5.73. The summed E-state index contributed by atoms with van der Waals surface area (Å²) in [6.45, 7) is 3.86. The third-order valence-corrected chi connectivity index (χ3v) is 4.11. The largest absolute Gasteiger partial charge is 0.486 e. The Bertz CT molecular complexity index is 790. The molecule has 0 fully saturated rings. The lowest BCUT2D eigenvalue weighted by atomic mass is 10.1. The fourth-order valence-electron chi connectivity index (χ4n) is 2.72. The van der Waals surface area contributed by atoms with E-state index in [0.717, 1.165) is 11.3 Å². The fraction of sp³-hybridized carbons (Fsp3) is 0.300. The van der Waals surface area contributed by atoms with Gasteiger partial charge in [0.05, 0.1) is 5.56 Å². The molecule has 0 unspecified atom stereocenters. The van der Waals surface area contributed by atoms with Gasteiger partial charge < -0.3 is 19.1 Å². The topological polar surface area (TPSA) is 65.1 Å². The number of hydrogen-bond donors (Lipinski definition) is 0. The molecule has 6 heteroatoms. The maximum Gasteiger partial charge on any atom is 0.260 e. The summed E-state index contributed by atoms with van der Waals surface area (Å²) in [5, 5.41) is 0. The quantitative estimate of drug-likeness (QED) is 0.715. The highest BCUT2D eigenvalue weighted by atomic mass is 16.6. The second-order valence-corrected chi connectivity index (χ2v) is 5.83. The summed E-state index contributed by atoms with van der Waals surface area (Å²) in [4.78, 5) is 25.2. The van der Waals surface area contributed by atoms with Crippen molar-refractivity contribution in [3.63, 3.8) is 0 Å². The first-order valence-electron chi connectivity index (χ1n) is 8.54. The molecule has 0 aliphatic carbocycles. The van der Waals surface area contributed by atoms with Crippen molar-refractivity contribution in [1.82, 2.24) is 4.90 Å². The predicted molar refractivity (Wildman–Crippen MR) is 95.8 cm³/mol. The lowest BCUT2D eigenvalue weighted by Gasteiger charge is -2.23. The smallest absolute Gasteiger partial charge is 0.260 e. The number of carbonyl (C=O) groups is 2. The first-order chi connectivity index (χ1) is 12.7. The number of nitrogens with zero attached hydrogens (tertiary/aromatic N) is 1. The number of para-hydroxylation sites is 1. The number of hydrogen-bond acceptors (Lipinski definition) is 5. The average Bonchev–Trinajstić information content (AvgIpc) is 2.70. The van der Waals surface area contributed by atoms with Crippen LogP contribution in [0.1, 0.15) is 22.8 Å². The molecule has 6 nitrogen and oxygen atoms in total. The predicted octanol–water partition coefficient (Wildman–Crippen LogP) is 2.70. The maximum absolute atomic E-state index is 12.5. The summed E-state index contributed by atoms with van der Waals surface area (Å²) in [6, 6.07) is 12.5. The summed E-state index contributed by atoms with van der Waals surface area (Å²) in [7, 11) is 0. The third-order valence-electron chi connectivity index (χ3n) is 4.11. The molecule has 1 amide bonds. The number of likely N-dealkylation sites (N-methyl/N-ethyl adjacent to an activating group) is 1. The third kappa shape index (κ3) is 4.14. The van der Waals surface area contributed by atoms with Gasteiger partial charge in [0.1, 0.15) is 19.0 Å². The molecular formula is C20H21NO5. The number of fused-ring (bicyclic) bond motifs is 1. The first-order valence-corrected chi connectivity index (χ1v) is 8.54. The zero-order valence-corrected chi connectivity index (χ0v) is 14.6. The van der Waals surface area contributed by atoms with Gasteiger partial charge in [-0.2, -0.15) is 0 Å². The van der Waals surface area contributed by atoms with Gasteiger partial charge in [-0.25, -0.2) is 0 Å². The van der Waals surface area contributed by atoms with Crippen LogP contribution in [0.15, 0.2) is 42.5 Å². The lowest BCUT2D eigenvalue weighted by Crippen LogP contribution is -2.34. The Morgan fingerprint density at radius 3 is 2.69 bits per heavy atom. The standard InChI is InChI=1S/C20H21NO5/c1-2-21(12-15-7-8-18-19(11-15)25-10-9-24-18)20(23)14-26-17-6-4-3-5-16(17)13-22/h3-8,11,13H,2,9-10,12,14H2,1H3. The van der Waals surface area contributed by atoms with Gasteiger partial charge in [-0.3, -0.25) is 9.59 Å². The molecule has 0 saturated heterocycles. The summed E-state index contributed by atoms with van der Waals surface area (Å²) in [5.41, 5.74) is 1.38. The number of benzene rings is 2. The molecule has 2 aromatic carbocycles. The van der Waals surface area contributed by atoms with Crippen molar-refractivity contribution >= 4 is 12.2 Å². The highest BCUT2D eigenvalue weighted by molar-refractivity contribution is 5.80. The van der Waals surface area contributed by atoms with Crippen LogP contribution in [-0.2, 0) is 11.3 Å². The average molecular weight is 355 g/mol. The van der Waals surface area contributed by atoms with E-state index in [1.54, 1.807) is 29.2 Å². The molecular weight excluding hydrogens is 334 g/mol. The monoisotopic (exact) mass is 355 g/mol. The van der Waals surface area contributed by atoms with Gasteiger partial charge in [0.2, 0.25) is 0 Å². The molecule has 1 aliphatic rings. The van der Waals surface area contributed by atoms with Gasteiger partial charge >= 0.3 is 0 Å². The van der Waals surface area contributed by atoms with E-state index in [1.165, 1.54) is 0 Å². The Morgan fingerprint density at radius 2 is 1.92 bits per heavy atom. The van der Waals surface area contributed by atoms with E-state index in [9.17, 15) is 9.59 Å². The number of rotatable bonds is 7. The second-order valence-electron chi connectivity index (χ2n) is 5.83. The highest BCUT2D eigenvalue weighted by Gasteiger charge is 2.16. The Labute approximate surface area is 152 Å². The zero-order chi connectivity index (χ0) is 18.4. The SMILES string of the molecule is CCN(Cc1ccc2c(c1)OCCO2)C(=O)COc1ccccc1C=O. The molecule has 1 heterocycles. The van der Waals surface area contributed by atoms with Crippen molar-refractivity contribution in [3.05, 3.63) is 53.6 Å². The van der Waals surface area contributed by atoms with Gasteiger partial charge in [-0.15, -0.1) is 0 Å². The number of amides is 1. The summed E-state index contributed by atoms with van der Waals surface area (Å²) < 4.78 is 16.6. The van der Waals surface area contributed by atoms with Crippen molar-refractivity contribution in [2.45, 2.75) is 13.5 Å². The van der Waals surface area contributed by atoms with Gasteiger partial charge in [0.25, 0.3) is 5.91 Å².